The van der Waals surface area contributed by atoms with E-state index in [4.69, 9.17) is 4.99 Å². The van der Waals surface area contributed by atoms with Crippen molar-refractivity contribution in [2.45, 2.75) is 20.8 Å². The van der Waals surface area contributed by atoms with Gasteiger partial charge in [0.1, 0.15) is 0 Å². The Morgan fingerprint density at radius 2 is 1.44 bits per heavy atom. The Morgan fingerprint density at radius 3 is 2.07 bits per heavy atom. The lowest BCUT2D eigenvalue weighted by molar-refractivity contribution is 1.29. The Labute approximate surface area is 163 Å². The Bertz CT molecular complexity index is 904. The highest BCUT2D eigenvalue weighted by molar-refractivity contribution is 5.99. The molecular formula is C26H27N. The molecule has 136 valence electrons. The number of rotatable bonds is 7. The first-order valence-corrected chi connectivity index (χ1v) is 9.06. The first-order valence-electron chi connectivity index (χ1n) is 9.06. The van der Waals surface area contributed by atoms with Gasteiger partial charge in [-0.1, -0.05) is 92.1 Å². The molecule has 27 heavy (non-hydrogen) atoms. The molecule has 0 spiro atoms. The Hall–Kier alpha value is -3.19. The molecule has 0 unspecified atom stereocenters. The van der Waals surface area contributed by atoms with Gasteiger partial charge >= 0.3 is 0 Å². The van der Waals surface area contributed by atoms with Crippen molar-refractivity contribution in [1.29, 1.82) is 0 Å². The van der Waals surface area contributed by atoms with Crippen LogP contribution in [0.15, 0.2) is 109 Å². The van der Waals surface area contributed by atoms with Gasteiger partial charge in [-0.25, -0.2) is 0 Å². The average Bonchev–Trinajstić information content (AvgIpc) is 2.68. The fourth-order valence-corrected chi connectivity index (χ4v) is 2.70. The summed E-state index contributed by atoms with van der Waals surface area (Å²) in [6, 6.07) is 18.6. The molecule has 0 amide bonds. The van der Waals surface area contributed by atoms with Crippen LogP contribution < -0.4 is 0 Å². The minimum absolute atomic E-state index is 0.941. The Kier molecular flexibility index (Phi) is 7.51. The SMILES string of the molecule is C=C/C=C\C=C(/C)c1ccc(C(C)=N/C(C)=C\C(=C)c2ccccc2)cc1. The van der Waals surface area contributed by atoms with E-state index in [0.717, 1.165) is 28.1 Å². The molecule has 0 aliphatic carbocycles. The van der Waals surface area contributed by atoms with Gasteiger partial charge in [-0.2, -0.15) is 0 Å². The third-order valence-corrected chi connectivity index (χ3v) is 4.22. The predicted molar refractivity (Wildman–Crippen MR) is 121 cm³/mol. The summed E-state index contributed by atoms with van der Waals surface area (Å²) in [5.41, 5.74) is 7.54. The third-order valence-electron chi connectivity index (χ3n) is 4.22. The van der Waals surface area contributed by atoms with Crippen molar-refractivity contribution >= 4 is 16.9 Å². The number of benzene rings is 2. The molecule has 0 aliphatic rings. The first-order chi connectivity index (χ1) is 13.0. The molecule has 2 rings (SSSR count). The maximum Gasteiger partial charge on any atom is 0.0448 e. The zero-order valence-electron chi connectivity index (χ0n) is 16.4. The second kappa shape index (κ2) is 10.1. The van der Waals surface area contributed by atoms with E-state index in [2.05, 4.69) is 62.6 Å². The molecule has 1 nitrogen and oxygen atoms in total. The van der Waals surface area contributed by atoms with Crippen molar-refractivity contribution in [1.82, 2.24) is 0 Å². The molecule has 2 aromatic carbocycles. The maximum atomic E-state index is 4.73. The molecule has 0 saturated heterocycles. The third kappa shape index (κ3) is 6.23. The quantitative estimate of drug-likeness (QED) is 0.367. The minimum atomic E-state index is 0.941. The van der Waals surface area contributed by atoms with E-state index in [1.54, 1.807) is 6.08 Å². The number of hydrogen-bond donors (Lipinski definition) is 0. The number of allylic oxidation sites excluding steroid dienone is 8. The lowest BCUT2D eigenvalue weighted by atomic mass is 10.0. The summed E-state index contributed by atoms with van der Waals surface area (Å²) in [6.07, 6.45) is 9.80. The molecule has 0 heterocycles. The van der Waals surface area contributed by atoms with Crippen LogP contribution in [0.3, 0.4) is 0 Å². The van der Waals surface area contributed by atoms with Gasteiger partial charge in [0.2, 0.25) is 0 Å². The normalized spacial score (nSPS) is 13.1. The number of hydrogen-bond acceptors (Lipinski definition) is 1. The molecule has 0 aromatic heterocycles. The molecule has 0 atom stereocenters. The zero-order valence-corrected chi connectivity index (χ0v) is 16.4. The highest BCUT2D eigenvalue weighted by Crippen LogP contribution is 2.18. The summed E-state index contributed by atoms with van der Waals surface area (Å²) in [7, 11) is 0. The molecule has 1 heteroatoms. The largest absolute Gasteiger partial charge is 0.258 e. The van der Waals surface area contributed by atoms with E-state index in [9.17, 15) is 0 Å². The molecule has 0 radical (unpaired) electrons. The van der Waals surface area contributed by atoms with E-state index in [1.807, 2.05) is 50.3 Å². The van der Waals surface area contributed by atoms with Crippen LogP contribution in [0, 0.1) is 0 Å². The van der Waals surface area contributed by atoms with Crippen LogP contribution in [0.5, 0.6) is 0 Å². The lowest BCUT2D eigenvalue weighted by Gasteiger charge is -2.06. The van der Waals surface area contributed by atoms with E-state index < -0.39 is 0 Å². The Morgan fingerprint density at radius 1 is 0.815 bits per heavy atom. The van der Waals surface area contributed by atoms with Crippen LogP contribution in [-0.2, 0) is 0 Å². The van der Waals surface area contributed by atoms with Crippen LogP contribution in [0.4, 0.5) is 0 Å². The highest BCUT2D eigenvalue weighted by atomic mass is 14.7. The van der Waals surface area contributed by atoms with Crippen LogP contribution in [-0.4, -0.2) is 5.71 Å². The van der Waals surface area contributed by atoms with Gasteiger partial charge in [-0.05, 0) is 54.7 Å². The summed E-state index contributed by atoms with van der Waals surface area (Å²) in [4.78, 5) is 4.73. The van der Waals surface area contributed by atoms with E-state index >= 15 is 0 Å². The predicted octanol–water partition coefficient (Wildman–Crippen LogP) is 7.26. The molecule has 0 bridgehead atoms. The van der Waals surface area contributed by atoms with E-state index in [0.29, 0.717) is 0 Å². The van der Waals surface area contributed by atoms with Crippen LogP contribution in [0.2, 0.25) is 0 Å². The fourth-order valence-electron chi connectivity index (χ4n) is 2.70. The minimum Gasteiger partial charge on any atom is -0.258 e. The highest BCUT2D eigenvalue weighted by Gasteiger charge is 2.01. The fraction of sp³-hybridized carbons (Fsp3) is 0.115. The van der Waals surface area contributed by atoms with Crippen molar-refractivity contribution in [2.24, 2.45) is 4.99 Å². The van der Waals surface area contributed by atoms with Crippen LogP contribution in [0.25, 0.3) is 11.1 Å². The Balaban J connectivity index is 2.14. The number of aliphatic imine (C=N–C) groups is 1. The molecule has 0 N–H and O–H groups in total. The van der Waals surface area contributed by atoms with Gasteiger partial charge in [-0.3, -0.25) is 4.99 Å². The molecule has 0 aliphatic heterocycles. The van der Waals surface area contributed by atoms with Gasteiger partial charge in [0.15, 0.2) is 0 Å². The topological polar surface area (TPSA) is 12.4 Å². The van der Waals surface area contributed by atoms with Gasteiger partial charge < -0.3 is 0 Å². The van der Waals surface area contributed by atoms with Crippen molar-refractivity contribution < 1.29 is 0 Å². The molecule has 2 aromatic rings. The van der Waals surface area contributed by atoms with Crippen LogP contribution >= 0.6 is 0 Å². The van der Waals surface area contributed by atoms with Gasteiger partial charge in [0.25, 0.3) is 0 Å². The van der Waals surface area contributed by atoms with Crippen LogP contribution in [0.1, 0.15) is 37.5 Å². The second-order valence-corrected chi connectivity index (χ2v) is 6.42. The molecule has 0 saturated carbocycles. The second-order valence-electron chi connectivity index (χ2n) is 6.42. The summed E-state index contributed by atoms with van der Waals surface area (Å²) >= 11 is 0. The van der Waals surface area contributed by atoms with Crippen molar-refractivity contribution in [3.05, 3.63) is 121 Å². The van der Waals surface area contributed by atoms with Gasteiger partial charge in [-0.15, -0.1) is 0 Å². The summed E-state index contributed by atoms with van der Waals surface area (Å²) in [5.74, 6) is 0. The lowest BCUT2D eigenvalue weighted by Crippen LogP contribution is -1.95. The monoisotopic (exact) mass is 353 g/mol. The maximum absolute atomic E-state index is 4.73. The zero-order chi connectivity index (χ0) is 19.6. The number of nitrogens with zero attached hydrogens (tertiary/aromatic N) is 1. The summed E-state index contributed by atoms with van der Waals surface area (Å²) in [5, 5.41) is 0. The summed E-state index contributed by atoms with van der Waals surface area (Å²) < 4.78 is 0. The standard InChI is InChI=1S/C26H27N/c1-6-7-9-12-20(2)25-15-17-26(18-16-25)23(5)27-22(4)19-21(3)24-13-10-8-11-14-24/h6-19H,1,3H2,2,4-5H3/b9-7-,20-12+,22-19-,27-23?. The average molecular weight is 354 g/mol. The van der Waals surface area contributed by atoms with E-state index in [1.165, 1.54) is 11.1 Å². The van der Waals surface area contributed by atoms with Crippen molar-refractivity contribution in [3.63, 3.8) is 0 Å². The summed E-state index contributed by atoms with van der Waals surface area (Å²) in [6.45, 7) is 14.0. The van der Waals surface area contributed by atoms with Crippen molar-refractivity contribution in [2.75, 3.05) is 0 Å². The molecular weight excluding hydrogens is 326 g/mol. The van der Waals surface area contributed by atoms with Crippen molar-refractivity contribution in [3.8, 4) is 0 Å². The molecule has 0 fully saturated rings. The first kappa shape index (κ1) is 20.1. The van der Waals surface area contributed by atoms with Gasteiger partial charge in [0.05, 0.1) is 0 Å². The smallest absolute Gasteiger partial charge is 0.0448 e. The van der Waals surface area contributed by atoms with Gasteiger partial charge in [0, 0.05) is 11.4 Å². The van der Waals surface area contributed by atoms with E-state index in [-0.39, 0.29) is 0 Å².